The summed E-state index contributed by atoms with van der Waals surface area (Å²) in [5.74, 6) is 0.149. The number of benzene rings is 2. The highest BCUT2D eigenvalue weighted by Crippen LogP contribution is 2.10. The van der Waals surface area contributed by atoms with Crippen LogP contribution in [0.2, 0.25) is 0 Å². The first-order valence-corrected chi connectivity index (χ1v) is 8.58. The van der Waals surface area contributed by atoms with Crippen LogP contribution in [0.15, 0.2) is 66.7 Å². The summed E-state index contributed by atoms with van der Waals surface area (Å²) < 4.78 is 0. The van der Waals surface area contributed by atoms with E-state index in [0.29, 0.717) is 38.2 Å². The van der Waals surface area contributed by atoms with Gasteiger partial charge >= 0.3 is 0 Å². The van der Waals surface area contributed by atoms with Crippen molar-refractivity contribution in [1.82, 2.24) is 9.80 Å². The first kappa shape index (κ1) is 17.0. The maximum Gasteiger partial charge on any atom is 0.253 e. The van der Waals surface area contributed by atoms with Crippen LogP contribution in [0.3, 0.4) is 0 Å². The van der Waals surface area contributed by atoms with Crippen LogP contribution in [-0.4, -0.2) is 47.8 Å². The lowest BCUT2D eigenvalue weighted by Gasteiger charge is -2.34. The number of nitrogens with zero attached hydrogens (tertiary/aromatic N) is 2. The van der Waals surface area contributed by atoms with E-state index in [0.717, 1.165) is 5.56 Å². The zero-order chi connectivity index (χ0) is 17.5. The van der Waals surface area contributed by atoms with Gasteiger partial charge in [0.2, 0.25) is 5.91 Å². The van der Waals surface area contributed by atoms with E-state index < -0.39 is 0 Å². The molecule has 25 heavy (non-hydrogen) atoms. The van der Waals surface area contributed by atoms with Gasteiger partial charge in [-0.3, -0.25) is 9.59 Å². The largest absolute Gasteiger partial charge is 0.339 e. The molecule has 4 heteroatoms. The molecular formula is C21H22N2O2. The third-order valence-electron chi connectivity index (χ3n) is 4.34. The molecule has 128 valence electrons. The minimum absolute atomic E-state index is 0.0386. The summed E-state index contributed by atoms with van der Waals surface area (Å²) in [5.41, 5.74) is 1.79. The quantitative estimate of drug-likeness (QED) is 0.862. The fourth-order valence-corrected chi connectivity index (χ4v) is 2.91. The van der Waals surface area contributed by atoms with E-state index >= 15 is 0 Å². The van der Waals surface area contributed by atoms with Gasteiger partial charge in [-0.1, -0.05) is 60.7 Å². The molecular weight excluding hydrogens is 312 g/mol. The van der Waals surface area contributed by atoms with E-state index in [9.17, 15) is 9.59 Å². The average molecular weight is 334 g/mol. The molecule has 2 amide bonds. The predicted molar refractivity (Wildman–Crippen MR) is 99.0 cm³/mol. The van der Waals surface area contributed by atoms with Gasteiger partial charge in [-0.2, -0.15) is 0 Å². The zero-order valence-corrected chi connectivity index (χ0v) is 14.2. The lowest BCUT2D eigenvalue weighted by atomic mass is 10.1. The second kappa shape index (κ2) is 8.29. The van der Waals surface area contributed by atoms with Crippen molar-refractivity contribution in [2.75, 3.05) is 26.2 Å². The van der Waals surface area contributed by atoms with Crippen LogP contribution in [0.25, 0.3) is 6.08 Å². The molecule has 0 spiro atoms. The van der Waals surface area contributed by atoms with Gasteiger partial charge in [-0.05, 0) is 17.7 Å². The Kier molecular flexibility index (Phi) is 5.62. The molecule has 0 aromatic heterocycles. The van der Waals surface area contributed by atoms with Crippen molar-refractivity contribution in [2.24, 2.45) is 0 Å². The first-order valence-electron chi connectivity index (χ1n) is 8.58. The van der Waals surface area contributed by atoms with Gasteiger partial charge in [0.25, 0.3) is 5.91 Å². The van der Waals surface area contributed by atoms with Crippen molar-refractivity contribution in [3.05, 3.63) is 77.9 Å². The summed E-state index contributed by atoms with van der Waals surface area (Å²) >= 11 is 0. The topological polar surface area (TPSA) is 40.6 Å². The molecule has 4 nitrogen and oxygen atoms in total. The Labute approximate surface area is 148 Å². The van der Waals surface area contributed by atoms with Crippen LogP contribution in [0.4, 0.5) is 0 Å². The maximum atomic E-state index is 12.4. The van der Waals surface area contributed by atoms with Gasteiger partial charge in [-0.15, -0.1) is 0 Å². The molecule has 0 bridgehead atoms. The van der Waals surface area contributed by atoms with Crippen LogP contribution >= 0.6 is 0 Å². The Morgan fingerprint density at radius 2 is 1.36 bits per heavy atom. The molecule has 1 fully saturated rings. The number of hydrogen-bond acceptors (Lipinski definition) is 2. The normalized spacial score (nSPS) is 14.7. The lowest BCUT2D eigenvalue weighted by Crippen LogP contribution is -2.50. The second-order valence-corrected chi connectivity index (χ2v) is 6.06. The van der Waals surface area contributed by atoms with E-state index in [1.807, 2.05) is 82.6 Å². The van der Waals surface area contributed by atoms with Gasteiger partial charge in [0.15, 0.2) is 0 Å². The van der Waals surface area contributed by atoms with Crippen LogP contribution in [0.1, 0.15) is 22.3 Å². The Hall–Kier alpha value is -2.88. The van der Waals surface area contributed by atoms with Gasteiger partial charge in [-0.25, -0.2) is 0 Å². The van der Waals surface area contributed by atoms with Gasteiger partial charge in [0.05, 0.1) is 0 Å². The minimum atomic E-state index is 0.0386. The summed E-state index contributed by atoms with van der Waals surface area (Å²) in [6.07, 6.45) is 4.26. The van der Waals surface area contributed by atoms with Crippen molar-refractivity contribution in [3.8, 4) is 0 Å². The first-order chi connectivity index (χ1) is 12.2. The van der Waals surface area contributed by atoms with E-state index in [-0.39, 0.29) is 11.8 Å². The van der Waals surface area contributed by atoms with Crippen molar-refractivity contribution >= 4 is 17.9 Å². The molecule has 2 aromatic carbocycles. The summed E-state index contributed by atoms with van der Waals surface area (Å²) in [4.78, 5) is 28.4. The number of hydrogen-bond donors (Lipinski definition) is 0. The van der Waals surface area contributed by atoms with Crippen LogP contribution in [0, 0.1) is 0 Å². The van der Waals surface area contributed by atoms with Gasteiger partial charge < -0.3 is 9.80 Å². The highest BCUT2D eigenvalue weighted by atomic mass is 16.2. The van der Waals surface area contributed by atoms with E-state index in [1.165, 1.54) is 0 Å². The fourth-order valence-electron chi connectivity index (χ4n) is 2.91. The van der Waals surface area contributed by atoms with Crippen molar-refractivity contribution in [2.45, 2.75) is 6.42 Å². The standard InChI is InChI=1S/C21H22N2O2/c24-20(13-7-10-18-8-3-1-4-9-18)22-14-16-23(17-15-22)21(25)19-11-5-2-6-12-19/h1-12H,13-17H2/b10-7+. The summed E-state index contributed by atoms with van der Waals surface area (Å²) in [6, 6.07) is 19.2. The Morgan fingerprint density at radius 3 is 2.00 bits per heavy atom. The maximum absolute atomic E-state index is 12.4. The lowest BCUT2D eigenvalue weighted by molar-refractivity contribution is -0.131. The van der Waals surface area contributed by atoms with Gasteiger partial charge in [0.1, 0.15) is 0 Å². The molecule has 1 aliphatic heterocycles. The van der Waals surface area contributed by atoms with E-state index in [1.54, 1.807) is 0 Å². The number of amides is 2. The number of carbonyl (C=O) groups is 2. The third kappa shape index (κ3) is 4.57. The SMILES string of the molecule is O=C(C/C=C/c1ccccc1)N1CCN(C(=O)c2ccccc2)CC1. The molecule has 0 saturated carbocycles. The molecule has 0 aliphatic carbocycles. The van der Waals surface area contributed by atoms with Crippen molar-refractivity contribution in [1.29, 1.82) is 0 Å². The Morgan fingerprint density at radius 1 is 0.800 bits per heavy atom. The summed E-state index contributed by atoms with van der Waals surface area (Å²) in [6.45, 7) is 2.36. The van der Waals surface area contributed by atoms with E-state index in [4.69, 9.17) is 0 Å². The molecule has 1 heterocycles. The van der Waals surface area contributed by atoms with Crippen molar-refractivity contribution in [3.63, 3.8) is 0 Å². The highest BCUT2D eigenvalue weighted by Gasteiger charge is 2.24. The average Bonchev–Trinajstić information content (AvgIpc) is 2.69. The van der Waals surface area contributed by atoms with E-state index in [2.05, 4.69) is 0 Å². The molecule has 1 saturated heterocycles. The second-order valence-electron chi connectivity index (χ2n) is 6.06. The number of piperazine rings is 1. The molecule has 0 radical (unpaired) electrons. The monoisotopic (exact) mass is 334 g/mol. The number of rotatable bonds is 4. The zero-order valence-electron chi connectivity index (χ0n) is 14.2. The predicted octanol–water partition coefficient (Wildman–Crippen LogP) is 3.07. The highest BCUT2D eigenvalue weighted by molar-refractivity contribution is 5.94. The molecule has 0 N–H and O–H groups in total. The molecule has 0 unspecified atom stereocenters. The molecule has 3 rings (SSSR count). The molecule has 2 aromatic rings. The molecule has 1 aliphatic rings. The summed E-state index contributed by atoms with van der Waals surface area (Å²) in [5, 5.41) is 0. The Bertz CT molecular complexity index is 733. The molecule has 0 atom stereocenters. The van der Waals surface area contributed by atoms with Crippen LogP contribution < -0.4 is 0 Å². The van der Waals surface area contributed by atoms with Crippen LogP contribution in [-0.2, 0) is 4.79 Å². The summed E-state index contributed by atoms with van der Waals surface area (Å²) in [7, 11) is 0. The smallest absolute Gasteiger partial charge is 0.253 e. The van der Waals surface area contributed by atoms with Crippen LogP contribution in [0.5, 0.6) is 0 Å². The Balaban J connectivity index is 1.48. The van der Waals surface area contributed by atoms with Gasteiger partial charge in [0, 0.05) is 38.2 Å². The third-order valence-corrected chi connectivity index (χ3v) is 4.34. The minimum Gasteiger partial charge on any atom is -0.339 e. The van der Waals surface area contributed by atoms with Crippen molar-refractivity contribution < 1.29 is 9.59 Å². The fraction of sp³-hybridized carbons (Fsp3) is 0.238. The number of carbonyl (C=O) groups excluding carboxylic acids is 2.